The third kappa shape index (κ3) is 7.07. The van der Waals surface area contributed by atoms with Gasteiger partial charge in [-0.25, -0.2) is 0 Å². The van der Waals surface area contributed by atoms with Crippen molar-refractivity contribution in [1.29, 1.82) is 0 Å². The molecule has 3 atom stereocenters. The topological polar surface area (TPSA) is 97.8 Å². The molecule has 0 spiro atoms. The fourth-order valence-electron chi connectivity index (χ4n) is 6.22. The summed E-state index contributed by atoms with van der Waals surface area (Å²) in [5, 5.41) is 10.6. The third-order valence-electron chi connectivity index (χ3n) is 8.25. The van der Waals surface area contributed by atoms with E-state index < -0.39 is 11.9 Å². The number of nitrogens with zero attached hydrogens (tertiary/aromatic N) is 2. The van der Waals surface area contributed by atoms with Gasteiger partial charge in [0.2, 0.25) is 18.4 Å². The SMILES string of the molecule is CCCCN(CCC)C(=O)CN1C[C@H](c2cc(OC)c3c(c2)OCO3)[C@@H](C(=O)O)[C@@H]1CCCc1ccccc1OC. The maximum atomic E-state index is 13.6. The smallest absolute Gasteiger partial charge is 0.308 e. The molecule has 1 saturated heterocycles. The number of hydrogen-bond donors (Lipinski definition) is 1. The fraction of sp³-hybridized carbons (Fsp3) is 0.562. The largest absolute Gasteiger partial charge is 0.496 e. The molecular formula is C32H44N2O7. The zero-order valence-corrected chi connectivity index (χ0v) is 24.8. The second kappa shape index (κ2) is 14.4. The molecule has 2 heterocycles. The summed E-state index contributed by atoms with van der Waals surface area (Å²) >= 11 is 0. The molecule has 0 radical (unpaired) electrons. The van der Waals surface area contributed by atoms with Gasteiger partial charge in [0.1, 0.15) is 5.75 Å². The van der Waals surface area contributed by atoms with Gasteiger partial charge in [-0.05, 0) is 61.4 Å². The first-order chi connectivity index (χ1) is 19.9. The van der Waals surface area contributed by atoms with Gasteiger partial charge in [0, 0.05) is 31.6 Å². The van der Waals surface area contributed by atoms with Crippen molar-refractivity contribution in [3.05, 3.63) is 47.5 Å². The second-order valence-corrected chi connectivity index (χ2v) is 10.9. The van der Waals surface area contributed by atoms with Crippen LogP contribution >= 0.6 is 0 Å². The number of aryl methyl sites for hydroxylation is 1. The van der Waals surface area contributed by atoms with E-state index in [0.29, 0.717) is 36.8 Å². The van der Waals surface area contributed by atoms with Crippen LogP contribution in [0.25, 0.3) is 0 Å². The molecular weight excluding hydrogens is 524 g/mol. The molecule has 2 aliphatic rings. The molecule has 9 heteroatoms. The van der Waals surface area contributed by atoms with Gasteiger partial charge < -0.3 is 29.0 Å². The van der Waals surface area contributed by atoms with E-state index in [9.17, 15) is 14.7 Å². The van der Waals surface area contributed by atoms with Gasteiger partial charge in [0.05, 0.1) is 26.7 Å². The first-order valence-corrected chi connectivity index (χ1v) is 14.8. The van der Waals surface area contributed by atoms with Gasteiger partial charge in [-0.3, -0.25) is 14.5 Å². The molecule has 2 aromatic carbocycles. The lowest BCUT2D eigenvalue weighted by molar-refractivity contribution is -0.143. The predicted molar refractivity (Wildman–Crippen MR) is 156 cm³/mol. The van der Waals surface area contributed by atoms with Crippen LogP contribution in [0.15, 0.2) is 36.4 Å². The van der Waals surface area contributed by atoms with Crippen molar-refractivity contribution >= 4 is 11.9 Å². The van der Waals surface area contributed by atoms with Crippen molar-refractivity contribution in [2.24, 2.45) is 5.92 Å². The number of aliphatic carboxylic acids is 1. The summed E-state index contributed by atoms with van der Waals surface area (Å²) in [6, 6.07) is 11.3. The highest BCUT2D eigenvalue weighted by Gasteiger charge is 2.47. The third-order valence-corrected chi connectivity index (χ3v) is 8.25. The molecule has 4 rings (SSSR count). The highest BCUT2D eigenvalue weighted by molar-refractivity contribution is 5.79. The maximum Gasteiger partial charge on any atom is 0.308 e. The molecule has 1 amide bonds. The zero-order valence-electron chi connectivity index (χ0n) is 24.8. The Morgan fingerprint density at radius 1 is 1.02 bits per heavy atom. The second-order valence-electron chi connectivity index (χ2n) is 10.9. The molecule has 9 nitrogen and oxygen atoms in total. The van der Waals surface area contributed by atoms with E-state index in [-0.39, 0.29) is 31.2 Å². The van der Waals surface area contributed by atoms with Crippen LogP contribution in [0.2, 0.25) is 0 Å². The Balaban J connectivity index is 1.62. The Morgan fingerprint density at radius 3 is 2.51 bits per heavy atom. The zero-order chi connectivity index (χ0) is 29.4. The van der Waals surface area contributed by atoms with E-state index in [2.05, 4.69) is 18.7 Å². The number of ether oxygens (including phenoxy) is 4. The molecule has 41 heavy (non-hydrogen) atoms. The van der Waals surface area contributed by atoms with Gasteiger partial charge in [-0.2, -0.15) is 0 Å². The van der Waals surface area contributed by atoms with Crippen LogP contribution in [-0.2, 0) is 16.0 Å². The molecule has 0 bridgehead atoms. The first-order valence-electron chi connectivity index (χ1n) is 14.8. The lowest BCUT2D eigenvalue weighted by Crippen LogP contribution is -2.44. The highest BCUT2D eigenvalue weighted by Crippen LogP contribution is 2.47. The average molecular weight is 569 g/mol. The summed E-state index contributed by atoms with van der Waals surface area (Å²) in [4.78, 5) is 30.5. The molecule has 0 unspecified atom stereocenters. The number of carboxylic acid groups (broad SMARTS) is 1. The average Bonchev–Trinajstić information content (AvgIpc) is 3.60. The quantitative estimate of drug-likeness (QED) is 0.322. The predicted octanol–water partition coefficient (Wildman–Crippen LogP) is 4.96. The van der Waals surface area contributed by atoms with Crippen LogP contribution in [0, 0.1) is 5.92 Å². The number of para-hydroxylation sites is 1. The number of carbonyl (C=O) groups is 2. The van der Waals surface area contributed by atoms with Crippen molar-refractivity contribution in [3.8, 4) is 23.0 Å². The number of rotatable bonds is 15. The molecule has 1 fully saturated rings. The van der Waals surface area contributed by atoms with Gasteiger partial charge in [0.25, 0.3) is 0 Å². The minimum atomic E-state index is -0.861. The van der Waals surface area contributed by atoms with Crippen molar-refractivity contribution in [3.63, 3.8) is 0 Å². The molecule has 0 saturated carbocycles. The molecule has 1 N–H and O–H groups in total. The summed E-state index contributed by atoms with van der Waals surface area (Å²) in [5.74, 6) is 0.610. The van der Waals surface area contributed by atoms with Gasteiger partial charge in [-0.15, -0.1) is 0 Å². The van der Waals surface area contributed by atoms with Crippen molar-refractivity contribution < 1.29 is 33.6 Å². The highest BCUT2D eigenvalue weighted by atomic mass is 16.7. The summed E-state index contributed by atoms with van der Waals surface area (Å²) < 4.78 is 22.3. The number of hydrogen-bond acceptors (Lipinski definition) is 7. The van der Waals surface area contributed by atoms with E-state index in [1.54, 1.807) is 14.2 Å². The molecule has 2 aliphatic heterocycles. The number of carboxylic acids is 1. The Kier molecular flexibility index (Phi) is 10.7. The van der Waals surface area contributed by atoms with E-state index >= 15 is 0 Å². The van der Waals surface area contributed by atoms with E-state index in [0.717, 1.165) is 55.5 Å². The maximum absolute atomic E-state index is 13.6. The first kappa shape index (κ1) is 30.5. The van der Waals surface area contributed by atoms with Crippen LogP contribution in [0.3, 0.4) is 0 Å². The van der Waals surface area contributed by atoms with Gasteiger partial charge in [0.15, 0.2) is 11.5 Å². The van der Waals surface area contributed by atoms with Gasteiger partial charge >= 0.3 is 5.97 Å². The normalized spacial score (nSPS) is 19.8. The number of methoxy groups -OCH3 is 2. The van der Waals surface area contributed by atoms with Crippen LogP contribution in [0.4, 0.5) is 0 Å². The Bertz CT molecular complexity index is 1190. The van der Waals surface area contributed by atoms with Crippen molar-refractivity contribution in [2.75, 3.05) is 47.2 Å². The summed E-state index contributed by atoms with van der Waals surface area (Å²) in [5.41, 5.74) is 1.91. The number of fused-ring (bicyclic) bond motifs is 1. The molecule has 0 aliphatic carbocycles. The number of amides is 1. The van der Waals surface area contributed by atoms with Crippen LogP contribution in [0.5, 0.6) is 23.0 Å². The minimum absolute atomic E-state index is 0.0584. The molecule has 0 aromatic heterocycles. The standard InChI is InChI=1S/C32H44N2O7/c1-5-7-16-33(15-6-2)29(35)20-34-19-24(23-17-27(39-4)31-28(18-23)40-21-41-31)30(32(36)37)25(34)13-10-12-22-11-8-9-14-26(22)38-3/h8-9,11,14,17-18,24-25,30H,5-7,10,12-13,15-16,19-21H2,1-4H3,(H,36,37)/t24-,25+,30-/m1/s1. The monoisotopic (exact) mass is 568 g/mol. The van der Waals surface area contributed by atoms with Crippen LogP contribution in [0.1, 0.15) is 63.0 Å². The van der Waals surface area contributed by atoms with Crippen LogP contribution in [-0.4, -0.2) is 80.0 Å². The summed E-state index contributed by atoms with van der Waals surface area (Å²) in [7, 11) is 3.23. The lowest BCUT2D eigenvalue weighted by Gasteiger charge is -2.29. The minimum Gasteiger partial charge on any atom is -0.496 e. The Morgan fingerprint density at radius 2 is 1.80 bits per heavy atom. The Labute approximate surface area is 243 Å². The Hall–Kier alpha value is -3.46. The number of carbonyl (C=O) groups excluding carboxylic acids is 1. The van der Waals surface area contributed by atoms with Crippen molar-refractivity contribution in [2.45, 2.75) is 64.3 Å². The summed E-state index contributed by atoms with van der Waals surface area (Å²) in [6.07, 6.45) is 5.02. The van der Waals surface area contributed by atoms with Crippen molar-refractivity contribution in [1.82, 2.24) is 9.80 Å². The van der Waals surface area contributed by atoms with Crippen LogP contribution < -0.4 is 18.9 Å². The van der Waals surface area contributed by atoms with E-state index in [4.69, 9.17) is 18.9 Å². The van der Waals surface area contributed by atoms with Gasteiger partial charge in [-0.1, -0.05) is 38.5 Å². The number of likely N-dealkylation sites (tertiary alicyclic amines) is 1. The van der Waals surface area contributed by atoms with E-state index in [1.165, 1.54) is 0 Å². The molecule has 2 aromatic rings. The summed E-state index contributed by atoms with van der Waals surface area (Å²) in [6.45, 7) is 6.38. The number of benzene rings is 2. The molecule has 224 valence electrons. The van der Waals surface area contributed by atoms with E-state index in [1.807, 2.05) is 41.3 Å². The fourth-order valence-corrected chi connectivity index (χ4v) is 6.22. The lowest BCUT2D eigenvalue weighted by atomic mass is 9.83. The number of unbranched alkanes of at least 4 members (excludes halogenated alkanes) is 1.